The van der Waals surface area contributed by atoms with E-state index in [0.29, 0.717) is 0 Å². The molecular formula is C18H33NO15S2. The summed E-state index contributed by atoms with van der Waals surface area (Å²) >= 11 is 8.22. The molecule has 2 fully saturated rings. The van der Waals surface area contributed by atoms with Crippen molar-refractivity contribution in [2.45, 2.75) is 84.9 Å². The van der Waals surface area contributed by atoms with Gasteiger partial charge in [-0.2, -0.15) is 0 Å². The van der Waals surface area contributed by atoms with Crippen LogP contribution in [0.15, 0.2) is 4.36 Å². The number of aldehydes is 1. The van der Waals surface area contributed by atoms with Gasteiger partial charge in [0.25, 0.3) is 0 Å². The number of aliphatic hydroxyl groups excluding tert-OH is 11. The summed E-state index contributed by atoms with van der Waals surface area (Å²) in [6.07, 6.45) is -17.8. The normalized spacial score (nSPS) is 40.2. The summed E-state index contributed by atoms with van der Waals surface area (Å²) in [4.78, 5) is 11.0. The van der Waals surface area contributed by atoms with Crippen molar-refractivity contribution in [3.8, 4) is 0 Å². The monoisotopic (exact) mass is 567 g/mol. The quantitative estimate of drug-likeness (QED) is 0.0862. The number of ether oxygens (including phenoxy) is 3. The number of hydrogen-bond donors (Lipinski definition) is 12. The Morgan fingerprint density at radius 2 is 1.36 bits per heavy atom. The van der Waals surface area contributed by atoms with Crippen molar-refractivity contribution < 1.29 is 75.2 Å². The van der Waals surface area contributed by atoms with Gasteiger partial charge in [0.05, 0.1) is 19.8 Å². The molecule has 2 saturated heterocycles. The molecule has 2 aliphatic rings. The van der Waals surface area contributed by atoms with E-state index in [9.17, 15) is 40.5 Å². The molecule has 0 aromatic rings. The second-order valence-electron chi connectivity index (χ2n) is 7.99. The molecule has 0 saturated carbocycles. The van der Waals surface area contributed by atoms with Crippen molar-refractivity contribution in [1.29, 1.82) is 0 Å². The smallest absolute Gasteiger partial charge is 0.187 e. The summed E-state index contributed by atoms with van der Waals surface area (Å²) in [6.45, 7) is -1.99. The van der Waals surface area contributed by atoms with Crippen molar-refractivity contribution in [3.05, 3.63) is 0 Å². The number of nitrogens with zero attached hydrogens (tertiary/aromatic N) is 1. The zero-order valence-electron chi connectivity index (χ0n) is 18.6. The highest BCUT2D eigenvalue weighted by Crippen LogP contribution is 2.25. The third-order valence-corrected chi connectivity index (χ3v) is 6.19. The Hall–Kier alpha value is -0.520. The minimum absolute atomic E-state index is 0.217. The molecule has 212 valence electrons. The molecule has 2 heterocycles. The molecule has 0 aromatic carbocycles. The van der Waals surface area contributed by atoms with Crippen LogP contribution in [-0.2, 0) is 31.4 Å². The highest BCUT2D eigenvalue weighted by atomic mass is 32.1. The van der Waals surface area contributed by atoms with E-state index in [0.717, 1.165) is 0 Å². The Morgan fingerprint density at radius 3 is 1.81 bits per heavy atom. The van der Waals surface area contributed by atoms with Gasteiger partial charge in [-0.3, -0.25) is 0 Å². The van der Waals surface area contributed by atoms with Crippen molar-refractivity contribution in [2.24, 2.45) is 4.36 Å². The first kappa shape index (κ1) is 33.5. The minimum Gasteiger partial charge on any atom is -0.394 e. The zero-order valence-corrected chi connectivity index (χ0v) is 20.3. The summed E-state index contributed by atoms with van der Waals surface area (Å²) in [5, 5.41) is 103. The maximum atomic E-state index is 11.0. The maximum absolute atomic E-state index is 11.0. The van der Waals surface area contributed by atoms with Gasteiger partial charge in [-0.25, -0.2) is 4.36 Å². The predicted molar refractivity (Wildman–Crippen MR) is 120 cm³/mol. The molecule has 0 aliphatic carbocycles. The Kier molecular flexibility index (Phi) is 14.7. The van der Waals surface area contributed by atoms with Crippen molar-refractivity contribution in [1.82, 2.24) is 0 Å². The molecule has 2 unspecified atom stereocenters. The molecule has 18 heteroatoms. The third-order valence-electron chi connectivity index (χ3n) is 5.52. The van der Waals surface area contributed by atoms with Gasteiger partial charge in [-0.05, 0) is 0 Å². The van der Waals surface area contributed by atoms with Crippen LogP contribution in [0.4, 0.5) is 0 Å². The number of carbonyl (C=O) groups is 1. The number of rotatable bonds is 10. The van der Waals surface area contributed by atoms with E-state index in [1.165, 1.54) is 0 Å². The van der Waals surface area contributed by atoms with E-state index in [4.69, 9.17) is 34.6 Å². The van der Waals surface area contributed by atoms with E-state index < -0.39 is 105 Å². The van der Waals surface area contributed by atoms with E-state index in [1.54, 1.807) is 0 Å². The van der Waals surface area contributed by atoms with Crippen LogP contribution < -0.4 is 0 Å². The molecule has 0 radical (unpaired) electrons. The van der Waals surface area contributed by atoms with Crippen LogP contribution in [0.3, 0.4) is 0 Å². The lowest BCUT2D eigenvalue weighted by Gasteiger charge is -2.41. The molecule has 11 N–H and O–H groups in total. The van der Waals surface area contributed by atoms with Gasteiger partial charge in [0.1, 0.15) is 84.9 Å². The highest BCUT2D eigenvalue weighted by molar-refractivity contribution is 7.80. The van der Waals surface area contributed by atoms with Gasteiger partial charge in [0, 0.05) is 12.4 Å². The second-order valence-corrected chi connectivity index (χ2v) is 8.71. The lowest BCUT2D eigenvalue weighted by molar-refractivity contribution is -0.320. The number of aliphatic hydroxyl groups is 11. The molecule has 0 spiro atoms. The Morgan fingerprint density at radius 1 is 0.861 bits per heavy atom. The predicted octanol–water partition coefficient (Wildman–Crippen LogP) is -7.10. The Bertz CT molecular complexity index is 653. The van der Waals surface area contributed by atoms with Crippen LogP contribution in [-0.4, -0.2) is 167 Å². The van der Waals surface area contributed by atoms with Crippen molar-refractivity contribution in [2.75, 3.05) is 19.8 Å². The first-order valence-electron chi connectivity index (χ1n) is 10.6. The molecule has 0 amide bonds. The van der Waals surface area contributed by atoms with Crippen molar-refractivity contribution in [3.63, 3.8) is 0 Å². The average Bonchev–Trinajstić information content (AvgIpc) is 2.88. The number of carbonyl (C=O) groups excluding carboxylic acids is 1. The topological polar surface area (TPSA) is 280 Å². The van der Waals surface area contributed by atoms with E-state index in [2.05, 4.69) is 29.4 Å². The van der Waals surface area contributed by atoms with Gasteiger partial charge in [0.2, 0.25) is 0 Å². The Labute approximate surface area is 215 Å². The maximum Gasteiger partial charge on any atom is 0.187 e. The highest BCUT2D eigenvalue weighted by Gasteiger charge is 2.47. The number of thiol groups is 1. The van der Waals surface area contributed by atoms with Crippen LogP contribution in [0.5, 0.6) is 0 Å². The molecule has 2 rings (SSSR count). The summed E-state index contributed by atoms with van der Waals surface area (Å²) in [5.74, 6) is 0. The van der Waals surface area contributed by atoms with Crippen LogP contribution in [0.1, 0.15) is 0 Å². The van der Waals surface area contributed by atoms with E-state index in [-0.39, 0.29) is 6.29 Å². The molecule has 0 bridgehead atoms. The van der Waals surface area contributed by atoms with Crippen molar-refractivity contribution >= 4 is 31.3 Å². The lowest BCUT2D eigenvalue weighted by atomic mass is 9.98. The summed E-state index contributed by atoms with van der Waals surface area (Å²) in [7, 11) is 0. The average molecular weight is 568 g/mol. The van der Waals surface area contributed by atoms with E-state index in [1.807, 2.05) is 0 Å². The van der Waals surface area contributed by atoms with E-state index >= 15 is 0 Å². The summed E-state index contributed by atoms with van der Waals surface area (Å²) < 4.78 is 18.4. The van der Waals surface area contributed by atoms with Crippen LogP contribution in [0.2, 0.25) is 0 Å². The molecule has 16 nitrogen and oxygen atoms in total. The van der Waals surface area contributed by atoms with Crippen LogP contribution >= 0.6 is 12.6 Å². The first-order valence-corrected chi connectivity index (χ1v) is 11.5. The summed E-state index contributed by atoms with van der Waals surface area (Å²) in [5.41, 5.74) is -0.874. The first-order chi connectivity index (χ1) is 16.9. The zero-order chi connectivity index (χ0) is 27.7. The van der Waals surface area contributed by atoms with Gasteiger partial charge >= 0.3 is 0 Å². The fourth-order valence-electron chi connectivity index (χ4n) is 3.27. The lowest BCUT2D eigenvalue weighted by Crippen LogP contribution is -2.61. The van der Waals surface area contributed by atoms with Gasteiger partial charge in [-0.15, -0.1) is 12.6 Å². The SMILES string of the molecule is O=C[C@H](N=S)[C@@H](OC1O[C@H](CO)[C@H](O)[C@H](O)[C@H]1O)[C@H](O)[C@H](O)CO.OC[C@H]1OC(S)[C@H](O)[C@@H](O)[C@H]1O. The minimum atomic E-state index is -1.83. The largest absolute Gasteiger partial charge is 0.394 e. The second kappa shape index (κ2) is 15.8. The van der Waals surface area contributed by atoms with Crippen LogP contribution in [0.25, 0.3) is 0 Å². The standard InChI is InChI=1S/C12H21NO10S.C6H12O5S/c14-1-4(13-24)11(7(18)5(17)2-15)23-12-10(21)9(20)8(19)6(3-16)22-12;7-1-2-3(8)4(9)5(10)6(12)11-2/h1,4-12,15-21H,2-3H2;2-10,12H,1H2/t4-,5+,6+,7+,8-,9-,10+,11+,12?;2-,3+,4+,5-,6?/m01/s1. The van der Waals surface area contributed by atoms with Gasteiger partial charge in [-0.1, -0.05) is 0 Å². The third kappa shape index (κ3) is 8.24. The summed E-state index contributed by atoms with van der Waals surface area (Å²) in [6, 6.07) is -1.46. The van der Waals surface area contributed by atoms with Crippen LogP contribution in [0, 0.1) is 0 Å². The van der Waals surface area contributed by atoms with Gasteiger partial charge < -0.3 is 75.2 Å². The Balaban J connectivity index is 0.000000450. The molecule has 2 aliphatic heterocycles. The molecule has 36 heavy (non-hydrogen) atoms. The number of hydrogen-bond acceptors (Lipinski definition) is 18. The molecule has 14 atom stereocenters. The van der Waals surface area contributed by atoms with Gasteiger partial charge in [0.15, 0.2) is 6.29 Å². The molecule has 0 aromatic heterocycles. The fraction of sp³-hybridized carbons (Fsp3) is 0.944. The molecular weight excluding hydrogens is 534 g/mol. The fourth-order valence-corrected chi connectivity index (χ4v) is 3.77.